The van der Waals surface area contributed by atoms with Crippen molar-refractivity contribution >= 4 is 0 Å². The molecule has 0 amide bonds. The smallest absolute Gasteiger partial charge is 0.230 e. The van der Waals surface area contributed by atoms with E-state index in [-0.39, 0.29) is 6.79 Å². The minimum absolute atomic E-state index is 0.228. The van der Waals surface area contributed by atoms with E-state index in [1.165, 1.54) is 48.8 Å². The highest BCUT2D eigenvalue weighted by molar-refractivity contribution is 5.30. The van der Waals surface area contributed by atoms with Crippen LogP contribution in [0, 0.1) is 0 Å². The molecule has 0 radical (unpaired) electrons. The molecule has 4 rings (SSSR count). The van der Waals surface area contributed by atoms with Gasteiger partial charge in [0.25, 0.3) is 0 Å². The zero-order chi connectivity index (χ0) is 19.7. The third kappa shape index (κ3) is 5.87. The summed E-state index contributed by atoms with van der Waals surface area (Å²) < 4.78 is 11.5. The van der Waals surface area contributed by atoms with Gasteiger partial charge in [-0.05, 0) is 72.6 Å². The minimum atomic E-state index is 0.228. The summed E-state index contributed by atoms with van der Waals surface area (Å²) in [6, 6.07) is 27.5. The van der Waals surface area contributed by atoms with Crippen LogP contribution in [0.2, 0.25) is 0 Å². The van der Waals surface area contributed by atoms with Crippen molar-refractivity contribution in [2.75, 3.05) is 6.79 Å². The Kier molecular flexibility index (Phi) is 6.85. The molecule has 29 heavy (non-hydrogen) atoms. The lowest BCUT2D eigenvalue weighted by Crippen LogP contribution is -2.07. The maximum Gasteiger partial charge on any atom is 0.230 e. The van der Waals surface area contributed by atoms with E-state index < -0.39 is 0 Å². The third-order valence-electron chi connectivity index (χ3n) is 5.88. The molecule has 0 unspecified atom stereocenters. The van der Waals surface area contributed by atoms with Crippen molar-refractivity contribution in [1.82, 2.24) is 0 Å². The van der Waals surface area contributed by atoms with Gasteiger partial charge in [0.1, 0.15) is 11.5 Å². The summed E-state index contributed by atoms with van der Waals surface area (Å²) in [5.41, 5.74) is 4.14. The lowest BCUT2D eigenvalue weighted by Gasteiger charge is -2.22. The van der Waals surface area contributed by atoms with Crippen LogP contribution < -0.4 is 9.47 Å². The lowest BCUT2D eigenvalue weighted by atomic mass is 9.84. The fraction of sp³-hybridized carbons (Fsp3) is 0.333. The van der Waals surface area contributed by atoms with Gasteiger partial charge in [0.15, 0.2) is 0 Å². The monoisotopic (exact) mass is 386 g/mol. The molecule has 0 bridgehead atoms. The topological polar surface area (TPSA) is 18.5 Å². The quantitative estimate of drug-likeness (QED) is 0.391. The van der Waals surface area contributed by atoms with Gasteiger partial charge in [-0.1, -0.05) is 73.9 Å². The van der Waals surface area contributed by atoms with Gasteiger partial charge in [-0.3, -0.25) is 0 Å². The molecule has 0 heterocycles. The van der Waals surface area contributed by atoms with E-state index in [4.69, 9.17) is 9.47 Å². The van der Waals surface area contributed by atoms with Crippen LogP contribution in [0.25, 0.3) is 0 Å². The van der Waals surface area contributed by atoms with Gasteiger partial charge in [-0.2, -0.15) is 0 Å². The summed E-state index contributed by atoms with van der Waals surface area (Å²) in [4.78, 5) is 0. The second-order valence-electron chi connectivity index (χ2n) is 7.94. The number of hydrogen-bond acceptors (Lipinski definition) is 2. The van der Waals surface area contributed by atoms with E-state index in [2.05, 4.69) is 66.7 Å². The van der Waals surface area contributed by atoms with Crippen molar-refractivity contribution < 1.29 is 9.47 Å². The molecule has 1 aliphatic carbocycles. The molecule has 1 aliphatic rings. The van der Waals surface area contributed by atoms with Crippen LogP contribution in [0.15, 0.2) is 78.9 Å². The number of benzene rings is 3. The Hall–Kier alpha value is -2.74. The number of ether oxygens (including phenoxy) is 2. The van der Waals surface area contributed by atoms with Crippen LogP contribution >= 0.6 is 0 Å². The van der Waals surface area contributed by atoms with E-state index >= 15 is 0 Å². The summed E-state index contributed by atoms with van der Waals surface area (Å²) >= 11 is 0. The lowest BCUT2D eigenvalue weighted by molar-refractivity contribution is 0.120. The number of hydrogen-bond donors (Lipinski definition) is 0. The Balaban J connectivity index is 1.21. The highest BCUT2D eigenvalue weighted by Crippen LogP contribution is 2.33. The molecule has 1 fully saturated rings. The number of aryl methyl sites for hydroxylation is 2. The summed E-state index contributed by atoms with van der Waals surface area (Å²) in [6.07, 6.45) is 8.86. The third-order valence-corrected chi connectivity index (χ3v) is 5.88. The molecule has 0 saturated heterocycles. The molecule has 2 nitrogen and oxygen atoms in total. The first-order valence-corrected chi connectivity index (χ1v) is 10.9. The van der Waals surface area contributed by atoms with E-state index in [1.807, 2.05) is 12.1 Å². The van der Waals surface area contributed by atoms with Crippen LogP contribution in [0.4, 0.5) is 0 Å². The standard InChI is InChI=1S/C27H30O2/c1-3-7-22(8-4-1)11-12-23-13-17-26(18-14-23)28-21-29-27-19-15-25(16-20-27)24-9-5-2-6-10-24/h1,3-4,7-8,13-20,24H,2,5-6,9-12,21H2. The molecule has 0 N–H and O–H groups in total. The van der Waals surface area contributed by atoms with Crippen molar-refractivity contribution in [3.63, 3.8) is 0 Å². The van der Waals surface area contributed by atoms with Crippen LogP contribution in [0.5, 0.6) is 11.5 Å². The predicted octanol–water partition coefficient (Wildman–Crippen LogP) is 6.93. The molecule has 0 aliphatic heterocycles. The molecule has 1 saturated carbocycles. The summed E-state index contributed by atoms with van der Waals surface area (Å²) in [7, 11) is 0. The molecule has 0 aromatic heterocycles. The molecule has 0 atom stereocenters. The van der Waals surface area contributed by atoms with Crippen molar-refractivity contribution in [1.29, 1.82) is 0 Å². The predicted molar refractivity (Wildman–Crippen MR) is 119 cm³/mol. The highest BCUT2D eigenvalue weighted by atomic mass is 16.7. The fourth-order valence-electron chi connectivity index (χ4n) is 4.12. The minimum Gasteiger partial charge on any atom is -0.458 e. The summed E-state index contributed by atoms with van der Waals surface area (Å²) in [5.74, 6) is 2.44. The van der Waals surface area contributed by atoms with Crippen molar-refractivity contribution in [3.8, 4) is 11.5 Å². The van der Waals surface area contributed by atoms with Gasteiger partial charge in [0.05, 0.1) is 0 Å². The Bertz CT molecular complexity index is 847. The molecular formula is C27H30O2. The van der Waals surface area contributed by atoms with Gasteiger partial charge in [0.2, 0.25) is 6.79 Å². The van der Waals surface area contributed by atoms with Gasteiger partial charge in [-0.25, -0.2) is 0 Å². The van der Waals surface area contributed by atoms with Gasteiger partial charge < -0.3 is 9.47 Å². The highest BCUT2D eigenvalue weighted by Gasteiger charge is 2.15. The van der Waals surface area contributed by atoms with E-state index in [1.54, 1.807) is 0 Å². The first kappa shape index (κ1) is 19.6. The average molecular weight is 387 g/mol. The van der Waals surface area contributed by atoms with Crippen molar-refractivity contribution in [2.24, 2.45) is 0 Å². The number of rotatable bonds is 8. The Morgan fingerprint density at radius 2 is 1.14 bits per heavy atom. The maximum absolute atomic E-state index is 5.77. The largest absolute Gasteiger partial charge is 0.458 e. The molecular weight excluding hydrogens is 356 g/mol. The van der Waals surface area contributed by atoms with Gasteiger partial charge in [-0.15, -0.1) is 0 Å². The first-order chi connectivity index (χ1) is 14.4. The van der Waals surface area contributed by atoms with Crippen molar-refractivity contribution in [3.05, 3.63) is 95.6 Å². The van der Waals surface area contributed by atoms with Gasteiger partial charge >= 0.3 is 0 Å². The van der Waals surface area contributed by atoms with Gasteiger partial charge in [0, 0.05) is 0 Å². The molecule has 3 aromatic rings. The fourth-order valence-corrected chi connectivity index (χ4v) is 4.12. The van der Waals surface area contributed by atoms with Crippen LogP contribution in [0.3, 0.4) is 0 Å². The Morgan fingerprint density at radius 3 is 1.76 bits per heavy atom. The molecule has 2 heteroatoms. The molecule has 150 valence electrons. The molecule has 0 spiro atoms. The van der Waals surface area contributed by atoms with E-state index in [0.717, 1.165) is 30.3 Å². The zero-order valence-electron chi connectivity index (χ0n) is 17.1. The van der Waals surface area contributed by atoms with Crippen molar-refractivity contribution in [2.45, 2.75) is 50.9 Å². The van der Waals surface area contributed by atoms with E-state index in [0.29, 0.717) is 0 Å². The van der Waals surface area contributed by atoms with Crippen LogP contribution in [0.1, 0.15) is 54.7 Å². The average Bonchev–Trinajstić information content (AvgIpc) is 2.80. The van der Waals surface area contributed by atoms with Crippen LogP contribution in [-0.4, -0.2) is 6.79 Å². The van der Waals surface area contributed by atoms with E-state index in [9.17, 15) is 0 Å². The SMILES string of the molecule is c1ccc(CCc2ccc(OCOc3ccc(C4CCCCC4)cc3)cc2)cc1. The second-order valence-corrected chi connectivity index (χ2v) is 7.94. The Labute approximate surface area is 174 Å². The Morgan fingerprint density at radius 1 is 0.586 bits per heavy atom. The molecule has 3 aromatic carbocycles. The normalized spacial score (nSPS) is 14.5. The maximum atomic E-state index is 5.77. The summed E-state index contributed by atoms with van der Waals surface area (Å²) in [6.45, 7) is 0.228. The first-order valence-electron chi connectivity index (χ1n) is 10.9. The second kappa shape index (κ2) is 10.2. The van der Waals surface area contributed by atoms with Crippen LogP contribution in [-0.2, 0) is 12.8 Å². The zero-order valence-corrected chi connectivity index (χ0v) is 17.1. The summed E-state index contributed by atoms with van der Waals surface area (Å²) in [5, 5.41) is 0.